The fraction of sp³-hybridized carbons (Fsp3) is 0.933. The van der Waals surface area contributed by atoms with Crippen molar-refractivity contribution < 1.29 is 9.53 Å². The molecule has 2 amide bonds. The summed E-state index contributed by atoms with van der Waals surface area (Å²) in [5, 5.41) is 3.20. The highest BCUT2D eigenvalue weighted by atomic mass is 16.5. The summed E-state index contributed by atoms with van der Waals surface area (Å²) in [6.07, 6.45) is 3.62. The van der Waals surface area contributed by atoms with Gasteiger partial charge in [0.25, 0.3) is 0 Å². The van der Waals surface area contributed by atoms with Crippen LogP contribution in [0.25, 0.3) is 0 Å². The van der Waals surface area contributed by atoms with Crippen molar-refractivity contribution in [1.29, 1.82) is 0 Å². The Morgan fingerprint density at radius 3 is 2.35 bits per heavy atom. The van der Waals surface area contributed by atoms with E-state index in [2.05, 4.69) is 17.1 Å². The Hall–Kier alpha value is -0.810. The average Bonchev–Trinajstić information content (AvgIpc) is 2.40. The van der Waals surface area contributed by atoms with Crippen molar-refractivity contribution >= 4 is 6.03 Å². The Morgan fingerprint density at radius 2 is 1.80 bits per heavy atom. The maximum atomic E-state index is 12.3. The largest absolute Gasteiger partial charge is 0.372 e. The van der Waals surface area contributed by atoms with Crippen molar-refractivity contribution in [2.24, 2.45) is 0 Å². The molecule has 0 saturated carbocycles. The number of carbonyl (C=O) groups excluding carboxylic acids is 1. The smallest absolute Gasteiger partial charge is 0.317 e. The van der Waals surface area contributed by atoms with Crippen molar-refractivity contribution in [2.45, 2.75) is 58.3 Å². The highest BCUT2D eigenvalue weighted by Gasteiger charge is 2.28. The molecule has 116 valence electrons. The minimum absolute atomic E-state index is 0.0842. The van der Waals surface area contributed by atoms with Gasteiger partial charge in [0.2, 0.25) is 0 Å². The minimum Gasteiger partial charge on any atom is -0.372 e. The van der Waals surface area contributed by atoms with E-state index in [4.69, 9.17) is 4.74 Å². The molecule has 5 nitrogen and oxygen atoms in total. The molecule has 0 unspecified atom stereocenters. The second kappa shape index (κ2) is 7.27. The van der Waals surface area contributed by atoms with E-state index in [1.165, 1.54) is 13.0 Å². The predicted octanol–water partition coefficient (Wildman–Crippen LogP) is 1.68. The lowest BCUT2D eigenvalue weighted by molar-refractivity contribution is -0.0549. The van der Waals surface area contributed by atoms with E-state index in [0.717, 1.165) is 25.9 Å². The molecular formula is C15H29N3O2. The highest BCUT2D eigenvalue weighted by molar-refractivity contribution is 5.74. The first-order valence-corrected chi connectivity index (χ1v) is 8.01. The van der Waals surface area contributed by atoms with Gasteiger partial charge in [0, 0.05) is 32.2 Å². The number of hydrogen-bond donors (Lipinski definition) is 1. The lowest BCUT2D eigenvalue weighted by Crippen LogP contribution is -2.54. The van der Waals surface area contributed by atoms with Crippen LogP contribution >= 0.6 is 0 Å². The third-order valence-electron chi connectivity index (χ3n) is 4.16. The quantitative estimate of drug-likeness (QED) is 0.857. The standard InChI is InChI=1S/C15H29N3O2/c1-4-7-17-8-5-14(6-9-17)16-15(19)18-10-12(2)20-13(3)11-18/h12-14H,4-11H2,1-3H3,(H,16,19)/t12-,13-/m1/s1. The minimum atomic E-state index is 0.0842. The molecule has 0 radical (unpaired) electrons. The maximum absolute atomic E-state index is 12.3. The van der Waals surface area contributed by atoms with E-state index < -0.39 is 0 Å². The summed E-state index contributed by atoms with van der Waals surface area (Å²) < 4.78 is 5.67. The lowest BCUT2D eigenvalue weighted by atomic mass is 10.1. The highest BCUT2D eigenvalue weighted by Crippen LogP contribution is 2.14. The molecule has 5 heteroatoms. The van der Waals surface area contributed by atoms with Gasteiger partial charge in [-0.3, -0.25) is 0 Å². The number of carbonyl (C=O) groups is 1. The molecule has 0 aromatic carbocycles. The second-order valence-corrected chi connectivity index (χ2v) is 6.23. The predicted molar refractivity (Wildman–Crippen MR) is 79.9 cm³/mol. The monoisotopic (exact) mass is 283 g/mol. The first-order chi connectivity index (χ1) is 9.58. The van der Waals surface area contributed by atoms with Gasteiger partial charge in [-0.1, -0.05) is 6.92 Å². The Balaban J connectivity index is 1.75. The van der Waals surface area contributed by atoms with Gasteiger partial charge < -0.3 is 19.9 Å². The number of nitrogens with one attached hydrogen (secondary N) is 1. The van der Waals surface area contributed by atoms with Crippen LogP contribution in [0.15, 0.2) is 0 Å². The van der Waals surface area contributed by atoms with Crippen LogP contribution in [-0.2, 0) is 4.74 Å². The molecule has 2 aliphatic heterocycles. The van der Waals surface area contributed by atoms with E-state index in [9.17, 15) is 4.79 Å². The fourth-order valence-corrected chi connectivity index (χ4v) is 3.23. The molecule has 0 aromatic rings. The van der Waals surface area contributed by atoms with Crippen molar-refractivity contribution in [2.75, 3.05) is 32.7 Å². The maximum Gasteiger partial charge on any atom is 0.317 e. The summed E-state index contributed by atoms with van der Waals surface area (Å²) >= 11 is 0. The summed E-state index contributed by atoms with van der Waals surface area (Å²) in [5.74, 6) is 0. The zero-order valence-electron chi connectivity index (χ0n) is 13.1. The van der Waals surface area contributed by atoms with Crippen LogP contribution in [-0.4, -0.2) is 66.8 Å². The fourth-order valence-electron chi connectivity index (χ4n) is 3.23. The molecular weight excluding hydrogens is 254 g/mol. The van der Waals surface area contributed by atoms with Gasteiger partial charge in [0.05, 0.1) is 12.2 Å². The zero-order chi connectivity index (χ0) is 14.5. The van der Waals surface area contributed by atoms with Crippen molar-refractivity contribution in [3.8, 4) is 0 Å². The molecule has 0 aromatic heterocycles. The molecule has 0 spiro atoms. The van der Waals surface area contributed by atoms with Gasteiger partial charge in [-0.15, -0.1) is 0 Å². The van der Waals surface area contributed by atoms with Gasteiger partial charge in [-0.25, -0.2) is 4.79 Å². The van der Waals surface area contributed by atoms with Crippen molar-refractivity contribution in [3.05, 3.63) is 0 Å². The van der Waals surface area contributed by atoms with E-state index in [-0.39, 0.29) is 18.2 Å². The van der Waals surface area contributed by atoms with Crippen molar-refractivity contribution in [3.63, 3.8) is 0 Å². The first kappa shape index (κ1) is 15.6. The van der Waals surface area contributed by atoms with Crippen LogP contribution in [0, 0.1) is 0 Å². The third-order valence-corrected chi connectivity index (χ3v) is 4.16. The Kier molecular flexibility index (Phi) is 5.66. The molecule has 0 bridgehead atoms. The van der Waals surface area contributed by atoms with Crippen LogP contribution in [0.4, 0.5) is 4.79 Å². The summed E-state index contributed by atoms with van der Waals surface area (Å²) in [6, 6.07) is 0.421. The lowest BCUT2D eigenvalue weighted by Gasteiger charge is -2.37. The van der Waals surface area contributed by atoms with Crippen LogP contribution < -0.4 is 5.32 Å². The second-order valence-electron chi connectivity index (χ2n) is 6.23. The van der Waals surface area contributed by atoms with Gasteiger partial charge >= 0.3 is 6.03 Å². The molecule has 2 heterocycles. The molecule has 2 aliphatic rings. The normalized spacial score (nSPS) is 29.4. The number of piperidine rings is 1. The molecule has 20 heavy (non-hydrogen) atoms. The van der Waals surface area contributed by atoms with Gasteiger partial charge in [0.1, 0.15) is 0 Å². The van der Waals surface area contributed by atoms with E-state index in [0.29, 0.717) is 19.1 Å². The third kappa shape index (κ3) is 4.35. The molecule has 2 atom stereocenters. The Labute approximate surface area is 122 Å². The number of likely N-dealkylation sites (tertiary alicyclic amines) is 1. The summed E-state index contributed by atoms with van der Waals surface area (Å²) in [4.78, 5) is 16.7. The van der Waals surface area contributed by atoms with Crippen LogP contribution in [0.2, 0.25) is 0 Å². The number of ether oxygens (including phenoxy) is 1. The summed E-state index contributed by atoms with van der Waals surface area (Å²) in [7, 11) is 0. The van der Waals surface area contributed by atoms with Crippen LogP contribution in [0.3, 0.4) is 0 Å². The number of urea groups is 1. The summed E-state index contributed by atoms with van der Waals surface area (Å²) in [6.45, 7) is 11.1. The Bertz CT molecular complexity index is 306. The van der Waals surface area contributed by atoms with Crippen LogP contribution in [0.1, 0.15) is 40.0 Å². The number of morpholine rings is 1. The first-order valence-electron chi connectivity index (χ1n) is 8.01. The average molecular weight is 283 g/mol. The molecule has 2 saturated heterocycles. The van der Waals surface area contributed by atoms with E-state index in [1.807, 2.05) is 18.7 Å². The number of amides is 2. The Morgan fingerprint density at radius 1 is 1.20 bits per heavy atom. The number of nitrogens with zero attached hydrogens (tertiary/aromatic N) is 2. The zero-order valence-corrected chi connectivity index (χ0v) is 13.1. The summed E-state index contributed by atoms with van der Waals surface area (Å²) in [5.41, 5.74) is 0. The topological polar surface area (TPSA) is 44.8 Å². The molecule has 2 rings (SSSR count). The number of hydrogen-bond acceptors (Lipinski definition) is 3. The molecule has 0 aliphatic carbocycles. The molecule has 1 N–H and O–H groups in total. The molecule has 2 fully saturated rings. The van der Waals surface area contributed by atoms with E-state index in [1.54, 1.807) is 0 Å². The van der Waals surface area contributed by atoms with E-state index >= 15 is 0 Å². The van der Waals surface area contributed by atoms with Gasteiger partial charge in [-0.2, -0.15) is 0 Å². The van der Waals surface area contributed by atoms with Gasteiger partial charge in [0.15, 0.2) is 0 Å². The van der Waals surface area contributed by atoms with Crippen LogP contribution in [0.5, 0.6) is 0 Å². The van der Waals surface area contributed by atoms with Crippen molar-refractivity contribution in [1.82, 2.24) is 15.1 Å². The number of rotatable bonds is 3. The van der Waals surface area contributed by atoms with Gasteiger partial charge in [-0.05, 0) is 39.7 Å². The SMILES string of the molecule is CCCN1CCC(NC(=O)N2C[C@@H](C)O[C@H](C)C2)CC1.